The molecule has 0 spiro atoms. The first-order valence-corrected chi connectivity index (χ1v) is 6.74. The van der Waals surface area contributed by atoms with Crippen LogP contribution in [0.15, 0.2) is 17.8 Å². The number of carboxylic acid groups (broad SMARTS) is 1. The summed E-state index contributed by atoms with van der Waals surface area (Å²) in [7, 11) is 0. The lowest BCUT2D eigenvalue weighted by atomic mass is 10.3. The van der Waals surface area contributed by atoms with Crippen LogP contribution in [-0.2, 0) is 6.42 Å². The molecule has 0 saturated carbocycles. The molecule has 100 valence electrons. The van der Waals surface area contributed by atoms with Crippen molar-refractivity contribution < 1.29 is 14.6 Å². The molecule has 0 aliphatic carbocycles. The first kappa shape index (κ1) is 13.8. The minimum absolute atomic E-state index is 0.0133. The van der Waals surface area contributed by atoms with E-state index in [0.717, 1.165) is 10.6 Å². The number of carbonyl (C=O) groups is 1. The fourth-order valence-electron chi connectivity index (χ4n) is 1.48. The lowest BCUT2D eigenvalue weighted by Crippen LogP contribution is -2.05. The molecule has 0 radical (unpaired) electrons. The molecule has 5 nitrogen and oxygen atoms in total. The van der Waals surface area contributed by atoms with Crippen molar-refractivity contribution in [2.75, 3.05) is 6.61 Å². The van der Waals surface area contributed by atoms with Crippen LogP contribution in [-0.4, -0.2) is 27.7 Å². The van der Waals surface area contributed by atoms with Crippen molar-refractivity contribution in [3.05, 3.63) is 38.9 Å². The van der Waals surface area contributed by atoms with Crippen molar-refractivity contribution in [3.8, 4) is 5.88 Å². The molecule has 0 fully saturated rings. The van der Waals surface area contributed by atoms with E-state index >= 15 is 0 Å². The highest BCUT2D eigenvalue weighted by Crippen LogP contribution is 2.20. The van der Waals surface area contributed by atoms with Crippen LogP contribution in [0, 0.1) is 6.92 Å². The van der Waals surface area contributed by atoms with Crippen LogP contribution < -0.4 is 4.74 Å². The van der Waals surface area contributed by atoms with E-state index in [4.69, 9.17) is 21.4 Å². The Bertz CT molecular complexity index is 600. The Morgan fingerprint density at radius 3 is 2.95 bits per heavy atom. The van der Waals surface area contributed by atoms with Gasteiger partial charge in [0.15, 0.2) is 0 Å². The molecular weight excluding hydrogens is 288 g/mol. The van der Waals surface area contributed by atoms with E-state index in [1.807, 2.05) is 6.92 Å². The van der Waals surface area contributed by atoms with Gasteiger partial charge < -0.3 is 9.84 Å². The molecular formula is C12H11ClN2O3S. The van der Waals surface area contributed by atoms with Crippen LogP contribution in [0.2, 0.25) is 5.02 Å². The summed E-state index contributed by atoms with van der Waals surface area (Å²) < 4.78 is 5.43. The van der Waals surface area contributed by atoms with Gasteiger partial charge in [0.25, 0.3) is 0 Å². The number of aromatic carboxylic acids is 1. The van der Waals surface area contributed by atoms with Crippen LogP contribution in [0.3, 0.4) is 0 Å². The summed E-state index contributed by atoms with van der Waals surface area (Å²) >= 11 is 7.29. The summed E-state index contributed by atoms with van der Waals surface area (Å²) in [5, 5.41) is 9.02. The molecule has 19 heavy (non-hydrogen) atoms. The van der Waals surface area contributed by atoms with Gasteiger partial charge in [0.05, 0.1) is 34.6 Å². The van der Waals surface area contributed by atoms with E-state index in [0.29, 0.717) is 13.0 Å². The average Bonchev–Trinajstić information content (AvgIpc) is 2.77. The lowest BCUT2D eigenvalue weighted by Gasteiger charge is -2.06. The number of hydrogen-bond acceptors (Lipinski definition) is 5. The van der Waals surface area contributed by atoms with Gasteiger partial charge >= 0.3 is 5.97 Å². The Hall–Kier alpha value is -1.66. The second-order valence-corrected chi connectivity index (χ2v) is 5.11. The van der Waals surface area contributed by atoms with Gasteiger partial charge in [0.2, 0.25) is 5.88 Å². The van der Waals surface area contributed by atoms with Gasteiger partial charge in [0.1, 0.15) is 0 Å². The van der Waals surface area contributed by atoms with E-state index in [-0.39, 0.29) is 16.5 Å². The molecule has 0 saturated heterocycles. The monoisotopic (exact) mass is 298 g/mol. The van der Waals surface area contributed by atoms with Gasteiger partial charge in [-0.2, -0.15) is 0 Å². The van der Waals surface area contributed by atoms with E-state index < -0.39 is 5.97 Å². The van der Waals surface area contributed by atoms with Gasteiger partial charge in [0, 0.05) is 17.4 Å². The normalized spacial score (nSPS) is 10.4. The Balaban J connectivity index is 1.98. The molecule has 0 amide bonds. The zero-order valence-corrected chi connectivity index (χ0v) is 11.7. The van der Waals surface area contributed by atoms with Crippen molar-refractivity contribution in [3.63, 3.8) is 0 Å². The number of aromatic nitrogens is 2. The number of aryl methyl sites for hydroxylation is 1. The molecule has 2 aromatic heterocycles. The molecule has 2 heterocycles. The molecule has 1 N–H and O–H groups in total. The fraction of sp³-hybridized carbons (Fsp3) is 0.250. The van der Waals surface area contributed by atoms with Crippen LogP contribution in [0.1, 0.15) is 20.9 Å². The summed E-state index contributed by atoms with van der Waals surface area (Å²) in [4.78, 5) is 20.1. The molecule has 2 aromatic rings. The standard InChI is InChI=1S/C12H11ClN2O3S/c1-7-10(19-6-15-7)2-3-18-11-4-8(12(16)17)9(13)5-14-11/h4-6H,2-3H2,1H3,(H,16,17). The molecule has 2 rings (SSSR count). The highest BCUT2D eigenvalue weighted by molar-refractivity contribution is 7.09. The van der Waals surface area contributed by atoms with E-state index in [1.54, 1.807) is 16.8 Å². The zero-order valence-electron chi connectivity index (χ0n) is 10.1. The van der Waals surface area contributed by atoms with Gasteiger partial charge in [-0.1, -0.05) is 11.6 Å². The smallest absolute Gasteiger partial charge is 0.337 e. The maximum Gasteiger partial charge on any atom is 0.337 e. The summed E-state index contributed by atoms with van der Waals surface area (Å²) in [5.74, 6) is -0.848. The van der Waals surface area contributed by atoms with Crippen molar-refractivity contribution >= 4 is 28.9 Å². The highest BCUT2D eigenvalue weighted by atomic mass is 35.5. The Kier molecular flexibility index (Phi) is 4.34. The maximum atomic E-state index is 10.9. The van der Waals surface area contributed by atoms with Gasteiger partial charge in [-0.15, -0.1) is 11.3 Å². The quantitative estimate of drug-likeness (QED) is 0.919. The molecule has 0 bridgehead atoms. The molecule has 0 aliphatic heterocycles. The third kappa shape index (κ3) is 3.42. The van der Waals surface area contributed by atoms with Crippen molar-refractivity contribution in [1.82, 2.24) is 9.97 Å². The van der Waals surface area contributed by atoms with Crippen molar-refractivity contribution in [2.45, 2.75) is 13.3 Å². The summed E-state index contributed by atoms with van der Waals surface area (Å²) in [6, 6.07) is 1.32. The summed E-state index contributed by atoms with van der Waals surface area (Å²) in [6.45, 7) is 2.35. The first-order chi connectivity index (χ1) is 9.08. The summed E-state index contributed by atoms with van der Waals surface area (Å²) in [6.07, 6.45) is 1.99. The molecule has 0 unspecified atom stereocenters. The maximum absolute atomic E-state index is 10.9. The van der Waals surface area contributed by atoms with E-state index in [1.165, 1.54) is 12.3 Å². The number of nitrogens with zero attached hydrogens (tertiary/aromatic N) is 2. The Labute approximate surface area is 118 Å². The van der Waals surface area contributed by atoms with E-state index in [2.05, 4.69) is 9.97 Å². The van der Waals surface area contributed by atoms with Crippen molar-refractivity contribution in [2.24, 2.45) is 0 Å². The van der Waals surface area contributed by atoms with Gasteiger partial charge in [-0.25, -0.2) is 14.8 Å². The molecule has 7 heteroatoms. The highest BCUT2D eigenvalue weighted by Gasteiger charge is 2.11. The largest absolute Gasteiger partial charge is 0.478 e. The SMILES string of the molecule is Cc1ncsc1CCOc1cc(C(=O)O)c(Cl)cn1. The number of halogens is 1. The van der Waals surface area contributed by atoms with Gasteiger partial charge in [-0.05, 0) is 6.92 Å². The average molecular weight is 299 g/mol. The predicted octanol–water partition coefficient (Wildman–Crippen LogP) is 2.82. The third-order valence-corrected chi connectivity index (χ3v) is 3.78. The number of carboxylic acids is 1. The predicted molar refractivity (Wildman–Crippen MR) is 72.3 cm³/mol. The third-order valence-electron chi connectivity index (χ3n) is 2.48. The number of thiazole rings is 1. The minimum atomic E-state index is -1.10. The van der Waals surface area contributed by atoms with Crippen LogP contribution in [0.25, 0.3) is 0 Å². The second kappa shape index (κ2) is 5.99. The van der Waals surface area contributed by atoms with Crippen LogP contribution >= 0.6 is 22.9 Å². The van der Waals surface area contributed by atoms with Crippen LogP contribution in [0.4, 0.5) is 0 Å². The number of pyridine rings is 1. The lowest BCUT2D eigenvalue weighted by molar-refractivity contribution is 0.0696. The number of ether oxygens (including phenoxy) is 1. The fourth-order valence-corrected chi connectivity index (χ4v) is 2.42. The topological polar surface area (TPSA) is 72.3 Å². The van der Waals surface area contributed by atoms with Gasteiger partial charge in [-0.3, -0.25) is 0 Å². The molecule has 0 aromatic carbocycles. The Morgan fingerprint density at radius 1 is 1.53 bits per heavy atom. The molecule has 0 aliphatic rings. The number of rotatable bonds is 5. The summed E-state index contributed by atoms with van der Waals surface area (Å²) in [5.41, 5.74) is 2.76. The Morgan fingerprint density at radius 2 is 2.32 bits per heavy atom. The second-order valence-electron chi connectivity index (χ2n) is 3.77. The van der Waals surface area contributed by atoms with Crippen LogP contribution in [0.5, 0.6) is 5.88 Å². The minimum Gasteiger partial charge on any atom is -0.478 e. The zero-order chi connectivity index (χ0) is 13.8. The number of hydrogen-bond donors (Lipinski definition) is 1. The van der Waals surface area contributed by atoms with Crippen molar-refractivity contribution in [1.29, 1.82) is 0 Å². The van der Waals surface area contributed by atoms with E-state index in [9.17, 15) is 4.79 Å². The molecule has 0 atom stereocenters. The first-order valence-electron chi connectivity index (χ1n) is 5.48.